The molecule has 0 spiro atoms. The Hall–Kier alpha value is -1.87. The Morgan fingerprint density at radius 2 is 1.78 bits per heavy atom. The fraction of sp³-hybridized carbons (Fsp3) is 0.750. The zero-order chi connectivity index (χ0) is 27.3. The van der Waals surface area contributed by atoms with E-state index in [1.54, 1.807) is 10.9 Å². The molecule has 1 amide bonds. The molecule has 1 aliphatic rings. The third kappa shape index (κ3) is 5.99. The number of amides is 1. The number of rotatable bonds is 7. The highest BCUT2D eigenvalue weighted by Gasteiger charge is 2.46. The van der Waals surface area contributed by atoms with Crippen molar-refractivity contribution in [3.8, 4) is 0 Å². The lowest BCUT2D eigenvalue weighted by atomic mass is 10.2. The normalized spacial score (nSPS) is 21.8. The Bertz CT molecular complexity index is 1160. The molecule has 3 heterocycles. The highest BCUT2D eigenvalue weighted by molar-refractivity contribution is 6.74. The summed E-state index contributed by atoms with van der Waals surface area (Å²) in [6.07, 6.45) is 1.27. The summed E-state index contributed by atoms with van der Waals surface area (Å²) in [5.41, 5.74) is 0.118. The van der Waals surface area contributed by atoms with Crippen LogP contribution in [0, 0.1) is 0 Å². The van der Waals surface area contributed by atoms with Crippen LogP contribution in [0.3, 0.4) is 0 Å². The van der Waals surface area contributed by atoms with Gasteiger partial charge in [0.05, 0.1) is 19.0 Å². The molecule has 2 aromatic rings. The molecule has 0 radical (unpaired) electrons. The molecule has 3 atom stereocenters. The van der Waals surface area contributed by atoms with Crippen LogP contribution in [0.4, 0.5) is 5.95 Å². The predicted octanol–water partition coefficient (Wildman–Crippen LogP) is 4.78. The number of hydrogen-bond donors (Lipinski definition) is 2. The van der Waals surface area contributed by atoms with Crippen LogP contribution in [-0.4, -0.2) is 60.9 Å². The molecular formula is C24H43N5O5Si2. The summed E-state index contributed by atoms with van der Waals surface area (Å²) in [4.78, 5) is 35.3. The molecule has 0 aliphatic carbocycles. The Labute approximate surface area is 215 Å². The van der Waals surface area contributed by atoms with Gasteiger partial charge >= 0.3 is 0 Å². The molecule has 2 aromatic heterocycles. The number of ether oxygens (including phenoxy) is 1. The average molecular weight is 538 g/mol. The fourth-order valence-corrected chi connectivity index (χ4v) is 5.94. The lowest BCUT2D eigenvalue weighted by Gasteiger charge is -2.40. The summed E-state index contributed by atoms with van der Waals surface area (Å²) in [6, 6.07) is 0. The van der Waals surface area contributed by atoms with E-state index in [1.165, 1.54) is 6.92 Å². The van der Waals surface area contributed by atoms with E-state index in [1.807, 2.05) is 0 Å². The maximum Gasteiger partial charge on any atom is 0.280 e. The van der Waals surface area contributed by atoms with E-state index in [4.69, 9.17) is 13.6 Å². The second-order valence-electron chi connectivity index (χ2n) is 12.8. The molecule has 0 saturated carbocycles. The molecule has 2 N–H and O–H groups in total. The number of fused-ring (bicyclic) bond motifs is 1. The SMILES string of the molecule is CC(=O)Nc1nc2c(ncn2[C@H]2C[C@H](O[Si](C)(C)C(C)(C)C)[C@@H](CO[Si](C)(C)C(C)(C)C)O2)c(=O)[nH]1. The van der Waals surface area contributed by atoms with E-state index in [9.17, 15) is 9.59 Å². The van der Waals surface area contributed by atoms with Crippen molar-refractivity contribution in [1.82, 2.24) is 19.5 Å². The molecule has 12 heteroatoms. The summed E-state index contributed by atoms with van der Waals surface area (Å²) in [7, 11) is -4.10. The van der Waals surface area contributed by atoms with Gasteiger partial charge in [-0.3, -0.25) is 24.5 Å². The monoisotopic (exact) mass is 537 g/mol. The van der Waals surface area contributed by atoms with Gasteiger partial charge in [0, 0.05) is 13.3 Å². The number of imidazole rings is 1. The summed E-state index contributed by atoms with van der Waals surface area (Å²) in [6.45, 7) is 24.0. The van der Waals surface area contributed by atoms with Gasteiger partial charge in [0.1, 0.15) is 12.3 Å². The Morgan fingerprint density at radius 3 is 2.33 bits per heavy atom. The van der Waals surface area contributed by atoms with Crippen LogP contribution in [0.15, 0.2) is 11.1 Å². The lowest BCUT2D eigenvalue weighted by molar-refractivity contribution is -0.114. The lowest BCUT2D eigenvalue weighted by Crippen LogP contribution is -2.48. The quantitative estimate of drug-likeness (QED) is 0.488. The van der Waals surface area contributed by atoms with E-state index in [-0.39, 0.29) is 39.7 Å². The first kappa shape index (κ1) is 28.7. The van der Waals surface area contributed by atoms with Gasteiger partial charge in [-0.1, -0.05) is 41.5 Å². The highest BCUT2D eigenvalue weighted by atomic mass is 28.4. The maximum absolute atomic E-state index is 12.5. The van der Waals surface area contributed by atoms with Gasteiger partial charge in [-0.2, -0.15) is 4.98 Å². The third-order valence-corrected chi connectivity index (χ3v) is 16.9. The number of anilines is 1. The molecule has 10 nitrogen and oxygen atoms in total. The molecule has 0 unspecified atom stereocenters. The van der Waals surface area contributed by atoms with Gasteiger partial charge in [-0.15, -0.1) is 0 Å². The van der Waals surface area contributed by atoms with Gasteiger partial charge in [-0.25, -0.2) is 4.98 Å². The Balaban J connectivity index is 1.94. The van der Waals surface area contributed by atoms with Crippen molar-refractivity contribution in [1.29, 1.82) is 0 Å². The number of nitrogens with zero attached hydrogens (tertiary/aromatic N) is 3. The Morgan fingerprint density at radius 1 is 1.17 bits per heavy atom. The van der Waals surface area contributed by atoms with E-state index in [0.29, 0.717) is 18.7 Å². The predicted molar refractivity (Wildman–Crippen MR) is 146 cm³/mol. The highest BCUT2D eigenvalue weighted by Crippen LogP contribution is 2.42. The number of aromatic nitrogens is 4. The number of aromatic amines is 1. The van der Waals surface area contributed by atoms with Gasteiger partial charge in [-0.05, 0) is 36.3 Å². The third-order valence-electron chi connectivity index (χ3n) is 7.88. The minimum Gasteiger partial charge on any atom is -0.414 e. The standard InChI is InChI=1S/C24H43N5O5Si2/c1-15(30)26-22-27-20-19(21(31)28-22)25-14-29(20)18-12-16(34-36(10,11)24(5,6)7)17(33-18)13-32-35(8,9)23(2,3)4/h14,16-18H,12-13H2,1-11H3,(H2,26,27,28,30,31)/t16-,17+,18+/m0/s1. The largest absolute Gasteiger partial charge is 0.414 e. The average Bonchev–Trinajstić information content (AvgIpc) is 3.28. The van der Waals surface area contributed by atoms with Crippen molar-refractivity contribution >= 4 is 39.7 Å². The molecule has 3 rings (SSSR count). The van der Waals surface area contributed by atoms with Crippen molar-refractivity contribution in [3.63, 3.8) is 0 Å². The number of hydrogen-bond acceptors (Lipinski definition) is 7. The van der Waals surface area contributed by atoms with Crippen LogP contribution in [0.2, 0.25) is 36.3 Å². The molecule has 36 heavy (non-hydrogen) atoms. The van der Waals surface area contributed by atoms with Gasteiger partial charge in [0.25, 0.3) is 5.56 Å². The summed E-state index contributed by atoms with van der Waals surface area (Å²) >= 11 is 0. The minimum atomic E-state index is -2.09. The van der Waals surface area contributed by atoms with Crippen molar-refractivity contribution in [2.45, 2.75) is 110 Å². The van der Waals surface area contributed by atoms with Crippen LogP contribution in [-0.2, 0) is 18.4 Å². The van der Waals surface area contributed by atoms with Gasteiger partial charge in [0.15, 0.2) is 27.8 Å². The van der Waals surface area contributed by atoms with Crippen molar-refractivity contribution in [2.24, 2.45) is 0 Å². The summed E-state index contributed by atoms with van der Waals surface area (Å²) in [5.74, 6) is -0.252. The summed E-state index contributed by atoms with van der Waals surface area (Å²) in [5, 5.41) is 2.66. The fourth-order valence-electron chi connectivity index (χ4n) is 3.57. The van der Waals surface area contributed by atoms with E-state index >= 15 is 0 Å². The number of H-pyrrole nitrogens is 1. The Kier molecular flexibility index (Phi) is 7.80. The smallest absolute Gasteiger partial charge is 0.280 e. The van der Waals surface area contributed by atoms with Crippen LogP contribution < -0.4 is 10.9 Å². The zero-order valence-electron chi connectivity index (χ0n) is 23.6. The van der Waals surface area contributed by atoms with Crippen molar-refractivity contribution in [3.05, 3.63) is 16.7 Å². The first-order valence-electron chi connectivity index (χ1n) is 12.5. The zero-order valence-corrected chi connectivity index (χ0v) is 25.6. The van der Waals surface area contributed by atoms with Gasteiger partial charge in [0.2, 0.25) is 11.9 Å². The molecule has 202 valence electrons. The molecular weight excluding hydrogens is 494 g/mol. The van der Waals surface area contributed by atoms with Crippen molar-refractivity contribution < 1.29 is 18.4 Å². The first-order chi connectivity index (χ1) is 16.3. The first-order valence-corrected chi connectivity index (χ1v) is 18.4. The molecule has 1 saturated heterocycles. The van der Waals surface area contributed by atoms with Crippen LogP contribution in [0.5, 0.6) is 0 Å². The van der Waals surface area contributed by atoms with Crippen LogP contribution >= 0.6 is 0 Å². The van der Waals surface area contributed by atoms with Gasteiger partial charge < -0.3 is 13.6 Å². The maximum atomic E-state index is 12.5. The summed E-state index contributed by atoms with van der Waals surface area (Å²) < 4.78 is 21.7. The molecule has 0 aromatic carbocycles. The minimum absolute atomic E-state index is 0.0414. The second-order valence-corrected chi connectivity index (χ2v) is 22.3. The number of nitrogens with one attached hydrogen (secondary N) is 2. The number of carbonyl (C=O) groups excluding carboxylic acids is 1. The van der Waals surface area contributed by atoms with Crippen molar-refractivity contribution in [2.75, 3.05) is 11.9 Å². The van der Waals surface area contributed by atoms with E-state index in [0.717, 1.165) is 0 Å². The van der Waals surface area contributed by atoms with E-state index < -0.39 is 28.4 Å². The molecule has 0 bridgehead atoms. The van der Waals surface area contributed by atoms with Crippen LogP contribution in [0.1, 0.15) is 61.1 Å². The topological polar surface area (TPSA) is 120 Å². The number of carbonyl (C=O) groups is 1. The molecule has 1 fully saturated rings. The molecule has 1 aliphatic heterocycles. The second kappa shape index (κ2) is 9.78. The van der Waals surface area contributed by atoms with Crippen LogP contribution in [0.25, 0.3) is 11.2 Å². The van der Waals surface area contributed by atoms with E-state index in [2.05, 4.69) is 88.0 Å².